The smallest absolute Gasteiger partial charge is 0.161 e. The zero-order valence-corrected chi connectivity index (χ0v) is 12.4. The molecule has 104 valence electrons. The van der Waals surface area contributed by atoms with Gasteiger partial charge in [0.1, 0.15) is 0 Å². The first-order valence-corrected chi connectivity index (χ1v) is 6.46. The Morgan fingerprint density at radius 1 is 1.44 bits per heavy atom. The van der Waals surface area contributed by atoms with Crippen LogP contribution in [0.4, 0.5) is 0 Å². The van der Waals surface area contributed by atoms with Gasteiger partial charge in [-0.25, -0.2) is 0 Å². The molecule has 1 unspecified atom stereocenters. The summed E-state index contributed by atoms with van der Waals surface area (Å²) < 4.78 is 7.15. The van der Waals surface area contributed by atoms with Crippen LogP contribution in [0.5, 0.6) is 5.75 Å². The van der Waals surface area contributed by atoms with Crippen molar-refractivity contribution >= 4 is 0 Å². The molecule has 0 fully saturated rings. The molecule has 0 aliphatic carbocycles. The van der Waals surface area contributed by atoms with Crippen LogP contribution in [-0.4, -0.2) is 40.4 Å². The predicted molar refractivity (Wildman–Crippen MR) is 73.7 cm³/mol. The zero-order chi connectivity index (χ0) is 13.9. The van der Waals surface area contributed by atoms with Gasteiger partial charge in [-0.3, -0.25) is 9.58 Å². The highest BCUT2D eigenvalue weighted by Gasteiger charge is 2.36. The van der Waals surface area contributed by atoms with Gasteiger partial charge in [0.05, 0.1) is 25.0 Å². The molecular formula is C13H26N4O. The van der Waals surface area contributed by atoms with E-state index in [0.717, 1.165) is 24.5 Å². The van der Waals surface area contributed by atoms with Gasteiger partial charge >= 0.3 is 0 Å². The van der Waals surface area contributed by atoms with Crippen LogP contribution in [-0.2, 0) is 7.05 Å². The van der Waals surface area contributed by atoms with Crippen molar-refractivity contribution in [2.75, 3.05) is 20.2 Å². The first kappa shape index (κ1) is 15.0. The Hall–Kier alpha value is -1.07. The molecule has 2 N–H and O–H groups in total. The van der Waals surface area contributed by atoms with E-state index in [1.807, 2.05) is 7.05 Å². The second-order valence-electron chi connectivity index (χ2n) is 5.03. The minimum absolute atomic E-state index is 0.148. The Morgan fingerprint density at radius 2 is 2.00 bits per heavy atom. The number of rotatable bonds is 6. The van der Waals surface area contributed by atoms with Crippen molar-refractivity contribution in [1.82, 2.24) is 14.7 Å². The van der Waals surface area contributed by atoms with Crippen LogP contribution >= 0.6 is 0 Å². The summed E-state index contributed by atoms with van der Waals surface area (Å²) >= 11 is 0. The molecule has 1 atom stereocenters. The molecule has 18 heavy (non-hydrogen) atoms. The van der Waals surface area contributed by atoms with Gasteiger partial charge in [0.25, 0.3) is 0 Å². The van der Waals surface area contributed by atoms with Gasteiger partial charge in [-0.15, -0.1) is 0 Å². The number of aromatic nitrogens is 2. The lowest BCUT2D eigenvalue weighted by Crippen LogP contribution is -2.51. The van der Waals surface area contributed by atoms with E-state index < -0.39 is 0 Å². The van der Waals surface area contributed by atoms with Crippen LogP contribution in [0.1, 0.15) is 39.4 Å². The molecule has 1 aromatic rings. The minimum atomic E-state index is -0.153. The first-order valence-electron chi connectivity index (χ1n) is 6.46. The Bertz CT molecular complexity index is 382. The first-order chi connectivity index (χ1) is 8.39. The quantitative estimate of drug-likeness (QED) is 0.837. The lowest BCUT2D eigenvalue weighted by atomic mass is 9.90. The zero-order valence-electron chi connectivity index (χ0n) is 12.4. The highest BCUT2D eigenvalue weighted by molar-refractivity contribution is 5.30. The molecule has 0 aromatic carbocycles. The Morgan fingerprint density at radius 3 is 2.44 bits per heavy atom. The molecule has 0 aliphatic heterocycles. The number of nitrogens with two attached hydrogens (primary N) is 1. The molecule has 0 radical (unpaired) electrons. The predicted octanol–water partition coefficient (Wildman–Crippen LogP) is 1.55. The number of likely N-dealkylation sites (N-methyl/N-ethyl adjacent to an activating group) is 1. The van der Waals surface area contributed by atoms with Crippen molar-refractivity contribution in [2.24, 2.45) is 12.8 Å². The fraction of sp³-hybridized carbons (Fsp3) is 0.769. The van der Waals surface area contributed by atoms with Crippen molar-refractivity contribution in [3.63, 3.8) is 0 Å². The van der Waals surface area contributed by atoms with Crippen molar-refractivity contribution in [1.29, 1.82) is 0 Å². The molecule has 5 heteroatoms. The highest BCUT2D eigenvalue weighted by atomic mass is 16.5. The summed E-state index contributed by atoms with van der Waals surface area (Å²) in [5, 5.41) is 4.23. The Kier molecular flexibility index (Phi) is 4.76. The van der Waals surface area contributed by atoms with Gasteiger partial charge in [0.15, 0.2) is 5.75 Å². The average molecular weight is 254 g/mol. The summed E-state index contributed by atoms with van der Waals surface area (Å²) in [4.78, 5) is 2.35. The van der Waals surface area contributed by atoms with Crippen LogP contribution < -0.4 is 10.5 Å². The van der Waals surface area contributed by atoms with Gasteiger partial charge < -0.3 is 10.5 Å². The third kappa shape index (κ3) is 2.52. The van der Waals surface area contributed by atoms with Crippen molar-refractivity contribution in [3.8, 4) is 5.75 Å². The van der Waals surface area contributed by atoms with Crippen LogP contribution in [0.25, 0.3) is 0 Å². The van der Waals surface area contributed by atoms with Crippen molar-refractivity contribution in [3.05, 3.63) is 11.9 Å². The fourth-order valence-electron chi connectivity index (χ4n) is 2.51. The van der Waals surface area contributed by atoms with Crippen LogP contribution in [0.2, 0.25) is 0 Å². The summed E-state index contributed by atoms with van der Waals surface area (Å²) in [5.41, 5.74) is 7.26. The molecular weight excluding hydrogens is 228 g/mol. The van der Waals surface area contributed by atoms with Gasteiger partial charge in [-0.2, -0.15) is 5.10 Å². The largest absolute Gasteiger partial charge is 0.493 e. The van der Waals surface area contributed by atoms with Crippen LogP contribution in [0.3, 0.4) is 0 Å². The Balaban J connectivity index is 3.11. The second-order valence-corrected chi connectivity index (χ2v) is 5.03. The fourth-order valence-corrected chi connectivity index (χ4v) is 2.51. The van der Waals surface area contributed by atoms with E-state index in [9.17, 15) is 0 Å². The SMILES string of the molecule is CCN(CC)C(C)(C)C(N)c1c(OC)cnn1C. The van der Waals surface area contributed by atoms with E-state index in [4.69, 9.17) is 10.5 Å². The van der Waals surface area contributed by atoms with E-state index in [-0.39, 0.29) is 11.6 Å². The average Bonchev–Trinajstić information content (AvgIpc) is 2.70. The number of hydrogen-bond donors (Lipinski definition) is 1. The maximum absolute atomic E-state index is 6.46. The van der Waals surface area contributed by atoms with Gasteiger partial charge in [0, 0.05) is 12.6 Å². The number of hydrogen-bond acceptors (Lipinski definition) is 4. The normalized spacial score (nSPS) is 14.0. The van der Waals surface area contributed by atoms with Crippen LogP contribution in [0, 0.1) is 0 Å². The minimum Gasteiger partial charge on any atom is -0.493 e. The summed E-state index contributed by atoms with van der Waals surface area (Å²) in [5.74, 6) is 0.755. The van der Waals surface area contributed by atoms with E-state index >= 15 is 0 Å². The van der Waals surface area contributed by atoms with E-state index in [0.29, 0.717) is 0 Å². The molecule has 1 heterocycles. The van der Waals surface area contributed by atoms with Crippen molar-refractivity contribution in [2.45, 2.75) is 39.3 Å². The molecule has 0 bridgehead atoms. The highest BCUT2D eigenvalue weighted by Crippen LogP contribution is 2.33. The monoisotopic (exact) mass is 254 g/mol. The molecule has 0 saturated carbocycles. The number of aryl methyl sites for hydroxylation is 1. The molecule has 0 spiro atoms. The van der Waals surface area contributed by atoms with Gasteiger partial charge in [-0.05, 0) is 26.9 Å². The molecule has 1 rings (SSSR count). The van der Waals surface area contributed by atoms with Gasteiger partial charge in [0.2, 0.25) is 0 Å². The third-order valence-electron chi connectivity index (χ3n) is 3.80. The summed E-state index contributed by atoms with van der Waals surface area (Å²) in [6.07, 6.45) is 1.72. The number of methoxy groups -OCH3 is 1. The number of nitrogens with zero attached hydrogens (tertiary/aromatic N) is 3. The molecule has 5 nitrogen and oxygen atoms in total. The number of ether oxygens (including phenoxy) is 1. The van der Waals surface area contributed by atoms with Gasteiger partial charge in [-0.1, -0.05) is 13.8 Å². The standard InChI is InChI=1S/C13H26N4O/c1-7-17(8-2)13(3,4)12(14)11-10(18-6)9-15-16(11)5/h9,12H,7-8,14H2,1-6H3. The van der Waals surface area contributed by atoms with E-state index in [2.05, 4.69) is 37.7 Å². The topological polar surface area (TPSA) is 56.3 Å². The summed E-state index contributed by atoms with van der Waals surface area (Å²) in [7, 11) is 3.55. The lowest BCUT2D eigenvalue weighted by Gasteiger charge is -2.41. The third-order valence-corrected chi connectivity index (χ3v) is 3.80. The second kappa shape index (κ2) is 5.71. The maximum Gasteiger partial charge on any atom is 0.161 e. The van der Waals surface area contributed by atoms with Crippen molar-refractivity contribution < 1.29 is 4.74 Å². The van der Waals surface area contributed by atoms with Crippen LogP contribution in [0.15, 0.2) is 6.20 Å². The van der Waals surface area contributed by atoms with E-state index in [1.54, 1.807) is 18.0 Å². The summed E-state index contributed by atoms with van der Waals surface area (Å²) in [6.45, 7) is 10.6. The molecule has 1 aromatic heterocycles. The molecule has 0 amide bonds. The molecule has 0 aliphatic rings. The lowest BCUT2D eigenvalue weighted by molar-refractivity contribution is 0.103. The molecule has 0 saturated heterocycles. The Labute approximate surface area is 110 Å². The van der Waals surface area contributed by atoms with E-state index in [1.165, 1.54) is 0 Å². The summed E-state index contributed by atoms with van der Waals surface area (Å²) in [6, 6.07) is -0.153. The maximum atomic E-state index is 6.46.